The first-order valence-corrected chi connectivity index (χ1v) is 7.72. The lowest BCUT2D eigenvalue weighted by Gasteiger charge is -2.19. The summed E-state index contributed by atoms with van der Waals surface area (Å²) in [5, 5.41) is 2.92. The van der Waals surface area contributed by atoms with Gasteiger partial charge in [0.05, 0.1) is 0 Å². The van der Waals surface area contributed by atoms with Gasteiger partial charge in [0.1, 0.15) is 0 Å². The third-order valence-electron chi connectivity index (χ3n) is 4.03. The van der Waals surface area contributed by atoms with Crippen molar-refractivity contribution in [3.05, 3.63) is 35.9 Å². The van der Waals surface area contributed by atoms with E-state index in [1.54, 1.807) is 4.90 Å². The maximum atomic E-state index is 12.1. The third kappa shape index (κ3) is 4.88. The van der Waals surface area contributed by atoms with Gasteiger partial charge in [-0.1, -0.05) is 36.8 Å². The van der Waals surface area contributed by atoms with Crippen LogP contribution < -0.4 is 5.32 Å². The number of hydrogen-bond acceptors (Lipinski definition) is 2. The van der Waals surface area contributed by atoms with Gasteiger partial charge in [0.25, 0.3) is 0 Å². The molecular weight excluding hydrogens is 264 g/mol. The number of rotatable bonds is 5. The van der Waals surface area contributed by atoms with Crippen LogP contribution in [0.4, 0.5) is 0 Å². The summed E-state index contributed by atoms with van der Waals surface area (Å²) in [5.41, 5.74) is 1.21. The summed E-state index contributed by atoms with van der Waals surface area (Å²) in [6.07, 6.45) is 4.03. The second kappa shape index (κ2) is 7.81. The lowest BCUT2D eigenvalue weighted by atomic mass is 9.98. The van der Waals surface area contributed by atoms with E-state index in [-0.39, 0.29) is 17.7 Å². The zero-order chi connectivity index (χ0) is 15.1. The molecule has 1 heterocycles. The van der Waals surface area contributed by atoms with Crippen molar-refractivity contribution in [2.45, 2.75) is 32.1 Å². The molecule has 2 rings (SSSR count). The lowest BCUT2D eigenvalue weighted by Crippen LogP contribution is -2.35. The molecule has 1 aromatic carbocycles. The van der Waals surface area contributed by atoms with Crippen LogP contribution in [-0.2, 0) is 16.0 Å². The fourth-order valence-corrected chi connectivity index (χ4v) is 2.76. The van der Waals surface area contributed by atoms with Gasteiger partial charge in [-0.05, 0) is 24.8 Å². The van der Waals surface area contributed by atoms with E-state index < -0.39 is 0 Å². The van der Waals surface area contributed by atoms with Crippen LogP contribution in [0, 0.1) is 5.92 Å². The van der Waals surface area contributed by atoms with Crippen molar-refractivity contribution in [2.24, 2.45) is 5.92 Å². The number of carbonyl (C=O) groups is 2. The van der Waals surface area contributed by atoms with Crippen LogP contribution in [0.25, 0.3) is 0 Å². The third-order valence-corrected chi connectivity index (χ3v) is 4.03. The van der Waals surface area contributed by atoms with Crippen LogP contribution >= 0.6 is 0 Å². The number of amides is 2. The zero-order valence-corrected chi connectivity index (χ0v) is 12.7. The second-order valence-corrected chi connectivity index (χ2v) is 5.74. The molecule has 4 nitrogen and oxygen atoms in total. The standard InChI is InChI=1S/C17H24N2O2/c1-19-12-6-5-9-15(17(19)21)13-16(20)18-11-10-14-7-3-2-4-8-14/h2-4,7-8,15H,5-6,9-13H2,1H3,(H,18,20). The van der Waals surface area contributed by atoms with Crippen LogP contribution in [0.5, 0.6) is 0 Å². The van der Waals surface area contributed by atoms with Crippen molar-refractivity contribution < 1.29 is 9.59 Å². The summed E-state index contributed by atoms with van der Waals surface area (Å²) >= 11 is 0. The SMILES string of the molecule is CN1CCCCC(CC(=O)NCCc2ccccc2)C1=O. The number of likely N-dealkylation sites (tertiary alicyclic amines) is 1. The molecule has 1 N–H and O–H groups in total. The summed E-state index contributed by atoms with van der Waals surface area (Å²) < 4.78 is 0. The van der Waals surface area contributed by atoms with Crippen molar-refractivity contribution in [1.82, 2.24) is 10.2 Å². The normalized spacial score (nSPS) is 19.2. The van der Waals surface area contributed by atoms with Gasteiger partial charge in [-0.2, -0.15) is 0 Å². The van der Waals surface area contributed by atoms with E-state index in [2.05, 4.69) is 17.4 Å². The quantitative estimate of drug-likeness (QED) is 0.901. The second-order valence-electron chi connectivity index (χ2n) is 5.74. The molecule has 0 aliphatic carbocycles. The number of hydrogen-bond donors (Lipinski definition) is 1. The highest BCUT2D eigenvalue weighted by Crippen LogP contribution is 2.19. The summed E-state index contributed by atoms with van der Waals surface area (Å²) in [6, 6.07) is 10.1. The predicted octanol–water partition coefficient (Wildman–Crippen LogP) is 1.99. The average molecular weight is 288 g/mol. The molecule has 0 bridgehead atoms. The Bertz CT molecular complexity index is 473. The molecule has 1 unspecified atom stereocenters. The van der Waals surface area contributed by atoms with E-state index in [0.29, 0.717) is 13.0 Å². The molecule has 0 spiro atoms. The number of carbonyl (C=O) groups excluding carboxylic acids is 2. The lowest BCUT2D eigenvalue weighted by molar-refractivity contribution is -0.136. The molecule has 1 fully saturated rings. The molecule has 0 aromatic heterocycles. The monoisotopic (exact) mass is 288 g/mol. The fourth-order valence-electron chi connectivity index (χ4n) is 2.76. The highest BCUT2D eigenvalue weighted by molar-refractivity contribution is 5.85. The van der Waals surface area contributed by atoms with Gasteiger partial charge in [0.2, 0.25) is 11.8 Å². The molecule has 1 atom stereocenters. The summed E-state index contributed by atoms with van der Waals surface area (Å²) in [6.45, 7) is 1.44. The Kier molecular flexibility index (Phi) is 5.78. The van der Waals surface area contributed by atoms with E-state index in [0.717, 1.165) is 32.2 Å². The maximum Gasteiger partial charge on any atom is 0.225 e. The van der Waals surface area contributed by atoms with Crippen LogP contribution in [0.3, 0.4) is 0 Å². The molecule has 1 aliphatic rings. The van der Waals surface area contributed by atoms with E-state index in [1.807, 2.05) is 25.2 Å². The van der Waals surface area contributed by atoms with Gasteiger partial charge in [-0.25, -0.2) is 0 Å². The average Bonchev–Trinajstić information content (AvgIpc) is 2.64. The predicted molar refractivity (Wildman–Crippen MR) is 82.8 cm³/mol. The van der Waals surface area contributed by atoms with E-state index >= 15 is 0 Å². The topological polar surface area (TPSA) is 49.4 Å². The Hall–Kier alpha value is -1.84. The number of nitrogens with zero attached hydrogens (tertiary/aromatic N) is 1. The molecule has 114 valence electrons. The molecule has 4 heteroatoms. The Labute approximate surface area is 126 Å². The molecular formula is C17H24N2O2. The van der Waals surface area contributed by atoms with Crippen LogP contribution in [0.2, 0.25) is 0 Å². The summed E-state index contributed by atoms with van der Waals surface area (Å²) in [7, 11) is 1.83. The van der Waals surface area contributed by atoms with Gasteiger partial charge < -0.3 is 10.2 Å². The molecule has 0 radical (unpaired) electrons. The maximum absolute atomic E-state index is 12.1. The minimum absolute atomic E-state index is 0.0143. The Morgan fingerprint density at radius 3 is 2.81 bits per heavy atom. The van der Waals surface area contributed by atoms with Gasteiger partial charge in [0, 0.05) is 32.5 Å². The van der Waals surface area contributed by atoms with E-state index in [4.69, 9.17) is 0 Å². The smallest absolute Gasteiger partial charge is 0.225 e. The minimum Gasteiger partial charge on any atom is -0.356 e. The van der Waals surface area contributed by atoms with Crippen molar-refractivity contribution in [3.63, 3.8) is 0 Å². The summed E-state index contributed by atoms with van der Waals surface area (Å²) in [4.78, 5) is 25.9. The Morgan fingerprint density at radius 1 is 1.29 bits per heavy atom. The molecule has 1 saturated heterocycles. The number of benzene rings is 1. The highest BCUT2D eigenvalue weighted by Gasteiger charge is 2.26. The Morgan fingerprint density at radius 2 is 2.05 bits per heavy atom. The van der Waals surface area contributed by atoms with Crippen molar-refractivity contribution in [3.8, 4) is 0 Å². The largest absolute Gasteiger partial charge is 0.356 e. The zero-order valence-electron chi connectivity index (χ0n) is 12.7. The van der Waals surface area contributed by atoms with Crippen molar-refractivity contribution in [1.29, 1.82) is 0 Å². The van der Waals surface area contributed by atoms with Gasteiger partial charge in [-0.3, -0.25) is 9.59 Å². The molecule has 0 saturated carbocycles. The fraction of sp³-hybridized carbons (Fsp3) is 0.529. The van der Waals surface area contributed by atoms with Crippen LogP contribution in [-0.4, -0.2) is 36.9 Å². The minimum atomic E-state index is -0.144. The molecule has 2 amide bonds. The summed E-state index contributed by atoms with van der Waals surface area (Å²) in [5.74, 6) is -0.0421. The molecule has 1 aromatic rings. The highest BCUT2D eigenvalue weighted by atomic mass is 16.2. The van der Waals surface area contributed by atoms with Crippen LogP contribution in [0.15, 0.2) is 30.3 Å². The number of nitrogens with one attached hydrogen (secondary N) is 1. The Balaban J connectivity index is 1.74. The van der Waals surface area contributed by atoms with Gasteiger partial charge >= 0.3 is 0 Å². The first kappa shape index (κ1) is 15.5. The van der Waals surface area contributed by atoms with Gasteiger partial charge in [0.15, 0.2) is 0 Å². The van der Waals surface area contributed by atoms with Crippen molar-refractivity contribution in [2.75, 3.05) is 20.1 Å². The first-order valence-electron chi connectivity index (χ1n) is 7.72. The van der Waals surface area contributed by atoms with Crippen LogP contribution in [0.1, 0.15) is 31.2 Å². The first-order chi connectivity index (χ1) is 10.2. The van der Waals surface area contributed by atoms with Crippen molar-refractivity contribution >= 4 is 11.8 Å². The van der Waals surface area contributed by atoms with E-state index in [1.165, 1.54) is 5.56 Å². The van der Waals surface area contributed by atoms with E-state index in [9.17, 15) is 9.59 Å². The molecule has 21 heavy (non-hydrogen) atoms. The molecule has 1 aliphatic heterocycles. The van der Waals surface area contributed by atoms with Gasteiger partial charge in [-0.15, -0.1) is 0 Å².